The zero-order chi connectivity index (χ0) is 13.7. The van der Waals surface area contributed by atoms with Crippen molar-refractivity contribution in [3.05, 3.63) is 29.8 Å². The van der Waals surface area contributed by atoms with E-state index >= 15 is 0 Å². The van der Waals surface area contributed by atoms with Crippen LogP contribution < -0.4 is 15.4 Å². The lowest BCUT2D eigenvalue weighted by atomic mass is 10.2. The van der Waals surface area contributed by atoms with Crippen LogP contribution in [-0.2, 0) is 9.59 Å². The molecule has 1 aliphatic carbocycles. The van der Waals surface area contributed by atoms with Gasteiger partial charge in [-0.15, -0.1) is 0 Å². The number of ether oxygens (including phenoxy) is 1. The number of carbonyl (C=O) groups excluding carboxylic acids is 2. The molecule has 0 heterocycles. The molecule has 0 spiro atoms. The first-order valence-electron chi connectivity index (χ1n) is 6.39. The Morgan fingerprint density at radius 3 is 2.53 bits per heavy atom. The Hall–Kier alpha value is -2.04. The molecule has 0 saturated heterocycles. The van der Waals surface area contributed by atoms with Gasteiger partial charge in [0, 0.05) is 6.04 Å². The van der Waals surface area contributed by atoms with Crippen LogP contribution in [0.5, 0.6) is 5.75 Å². The Bertz CT molecular complexity index is 452. The summed E-state index contributed by atoms with van der Waals surface area (Å²) in [5.74, 6) is 0.195. The van der Waals surface area contributed by atoms with Crippen molar-refractivity contribution < 1.29 is 14.3 Å². The maximum Gasteiger partial charge on any atom is 0.258 e. The second-order valence-corrected chi connectivity index (χ2v) is 4.72. The summed E-state index contributed by atoms with van der Waals surface area (Å²) in [7, 11) is 0. The van der Waals surface area contributed by atoms with Crippen LogP contribution >= 0.6 is 0 Å². The van der Waals surface area contributed by atoms with Crippen LogP contribution in [0.4, 0.5) is 0 Å². The van der Waals surface area contributed by atoms with Crippen molar-refractivity contribution in [3.63, 3.8) is 0 Å². The summed E-state index contributed by atoms with van der Waals surface area (Å²) in [5, 5.41) is 5.32. The van der Waals surface area contributed by atoms with Gasteiger partial charge in [0.15, 0.2) is 6.61 Å². The maximum atomic E-state index is 11.5. The molecule has 5 heteroatoms. The van der Waals surface area contributed by atoms with Crippen molar-refractivity contribution in [2.45, 2.75) is 25.8 Å². The van der Waals surface area contributed by atoms with Gasteiger partial charge in [-0.25, -0.2) is 0 Å². The number of rotatable bonds is 6. The molecule has 19 heavy (non-hydrogen) atoms. The Labute approximate surface area is 112 Å². The topological polar surface area (TPSA) is 67.4 Å². The third kappa shape index (κ3) is 4.99. The summed E-state index contributed by atoms with van der Waals surface area (Å²) in [4.78, 5) is 22.8. The van der Waals surface area contributed by atoms with Crippen molar-refractivity contribution in [1.29, 1.82) is 0 Å². The zero-order valence-corrected chi connectivity index (χ0v) is 10.9. The molecule has 2 N–H and O–H groups in total. The fourth-order valence-electron chi connectivity index (χ4n) is 1.52. The SMILES string of the molecule is Cc1ccc(OCC(=O)NCC(=O)NC2CC2)cc1. The van der Waals surface area contributed by atoms with E-state index in [9.17, 15) is 9.59 Å². The molecule has 0 bridgehead atoms. The van der Waals surface area contributed by atoms with Crippen molar-refractivity contribution in [3.8, 4) is 5.75 Å². The minimum atomic E-state index is -0.300. The van der Waals surface area contributed by atoms with Crippen LogP contribution in [0.15, 0.2) is 24.3 Å². The van der Waals surface area contributed by atoms with Gasteiger partial charge in [-0.1, -0.05) is 17.7 Å². The standard InChI is InChI=1S/C14H18N2O3/c1-10-2-6-12(7-3-10)19-9-14(18)15-8-13(17)16-11-4-5-11/h2-3,6-7,11H,4-5,8-9H2,1H3,(H,15,18)(H,16,17). The van der Waals surface area contributed by atoms with E-state index in [1.807, 2.05) is 31.2 Å². The van der Waals surface area contributed by atoms with Crippen molar-refractivity contribution in [2.24, 2.45) is 0 Å². The van der Waals surface area contributed by atoms with Crippen LogP contribution in [-0.4, -0.2) is 31.0 Å². The molecule has 1 aromatic rings. The van der Waals surface area contributed by atoms with Gasteiger partial charge in [-0.05, 0) is 31.9 Å². The Balaban J connectivity index is 1.63. The molecular formula is C14H18N2O3. The van der Waals surface area contributed by atoms with E-state index in [1.54, 1.807) is 0 Å². The molecule has 0 atom stereocenters. The lowest BCUT2D eigenvalue weighted by Gasteiger charge is -2.08. The van der Waals surface area contributed by atoms with E-state index in [1.165, 1.54) is 0 Å². The summed E-state index contributed by atoms with van der Waals surface area (Å²) in [6.45, 7) is 1.90. The molecule has 102 valence electrons. The number of aryl methyl sites for hydroxylation is 1. The van der Waals surface area contributed by atoms with Crippen LogP contribution in [0.25, 0.3) is 0 Å². The predicted molar refractivity (Wildman–Crippen MR) is 70.8 cm³/mol. The van der Waals surface area contributed by atoms with E-state index < -0.39 is 0 Å². The van der Waals surface area contributed by atoms with Crippen LogP contribution in [0.1, 0.15) is 18.4 Å². The lowest BCUT2D eigenvalue weighted by Crippen LogP contribution is -2.39. The smallest absolute Gasteiger partial charge is 0.258 e. The van der Waals surface area contributed by atoms with Crippen molar-refractivity contribution in [2.75, 3.05) is 13.2 Å². The predicted octanol–water partition coefficient (Wildman–Crippen LogP) is 0.769. The molecule has 1 aromatic carbocycles. The number of carbonyl (C=O) groups is 2. The van der Waals surface area contributed by atoms with E-state index in [-0.39, 0.29) is 25.0 Å². The third-order valence-corrected chi connectivity index (χ3v) is 2.78. The van der Waals surface area contributed by atoms with Crippen LogP contribution in [0.3, 0.4) is 0 Å². The molecule has 1 saturated carbocycles. The number of hydrogen-bond donors (Lipinski definition) is 2. The lowest BCUT2D eigenvalue weighted by molar-refractivity contribution is -0.127. The second-order valence-electron chi connectivity index (χ2n) is 4.72. The van der Waals surface area contributed by atoms with Gasteiger partial charge in [0.05, 0.1) is 6.54 Å². The first-order chi connectivity index (χ1) is 9.13. The number of hydrogen-bond acceptors (Lipinski definition) is 3. The monoisotopic (exact) mass is 262 g/mol. The second kappa shape index (κ2) is 6.22. The average molecular weight is 262 g/mol. The Morgan fingerprint density at radius 1 is 1.21 bits per heavy atom. The first kappa shape index (κ1) is 13.4. The highest BCUT2D eigenvalue weighted by molar-refractivity contribution is 5.85. The van der Waals surface area contributed by atoms with E-state index in [2.05, 4.69) is 10.6 Å². The number of benzene rings is 1. The van der Waals surface area contributed by atoms with Crippen LogP contribution in [0, 0.1) is 6.92 Å². The minimum absolute atomic E-state index is 0.00654. The Morgan fingerprint density at radius 2 is 1.89 bits per heavy atom. The molecule has 1 fully saturated rings. The molecule has 2 amide bonds. The summed E-state index contributed by atoms with van der Waals surface area (Å²) >= 11 is 0. The highest BCUT2D eigenvalue weighted by atomic mass is 16.5. The highest BCUT2D eigenvalue weighted by Crippen LogP contribution is 2.18. The van der Waals surface area contributed by atoms with Gasteiger partial charge >= 0.3 is 0 Å². The number of nitrogens with one attached hydrogen (secondary N) is 2. The third-order valence-electron chi connectivity index (χ3n) is 2.78. The van der Waals surface area contributed by atoms with E-state index in [4.69, 9.17) is 4.74 Å². The summed E-state index contributed by atoms with van der Waals surface area (Å²) in [6, 6.07) is 7.76. The molecular weight excluding hydrogens is 244 g/mol. The first-order valence-corrected chi connectivity index (χ1v) is 6.39. The summed E-state index contributed by atoms with van der Waals surface area (Å²) in [5.41, 5.74) is 1.13. The largest absolute Gasteiger partial charge is 0.484 e. The molecule has 0 unspecified atom stereocenters. The number of amides is 2. The molecule has 0 radical (unpaired) electrons. The Kier molecular flexibility index (Phi) is 4.39. The van der Waals surface area contributed by atoms with Crippen LogP contribution in [0.2, 0.25) is 0 Å². The fraction of sp³-hybridized carbons (Fsp3) is 0.429. The molecule has 0 aliphatic heterocycles. The van der Waals surface area contributed by atoms with Gasteiger partial charge in [0.1, 0.15) is 5.75 Å². The molecule has 0 aromatic heterocycles. The van der Waals surface area contributed by atoms with E-state index in [0.29, 0.717) is 11.8 Å². The molecule has 1 aliphatic rings. The quantitative estimate of drug-likeness (QED) is 0.795. The maximum absolute atomic E-state index is 11.5. The fourth-order valence-corrected chi connectivity index (χ4v) is 1.52. The highest BCUT2D eigenvalue weighted by Gasteiger charge is 2.23. The van der Waals surface area contributed by atoms with Gasteiger partial charge in [-0.2, -0.15) is 0 Å². The molecule has 5 nitrogen and oxygen atoms in total. The minimum Gasteiger partial charge on any atom is -0.484 e. The average Bonchev–Trinajstić information content (AvgIpc) is 3.19. The molecule has 2 rings (SSSR count). The summed E-state index contributed by atoms with van der Waals surface area (Å²) < 4.78 is 5.30. The van der Waals surface area contributed by atoms with E-state index in [0.717, 1.165) is 18.4 Å². The van der Waals surface area contributed by atoms with Gasteiger partial charge in [0.25, 0.3) is 5.91 Å². The van der Waals surface area contributed by atoms with Gasteiger partial charge < -0.3 is 15.4 Å². The summed E-state index contributed by atoms with van der Waals surface area (Å²) in [6.07, 6.45) is 2.08. The normalized spacial score (nSPS) is 13.7. The van der Waals surface area contributed by atoms with Gasteiger partial charge in [-0.3, -0.25) is 9.59 Å². The zero-order valence-electron chi connectivity index (χ0n) is 10.9. The van der Waals surface area contributed by atoms with Gasteiger partial charge in [0.2, 0.25) is 5.91 Å². The van der Waals surface area contributed by atoms with Crippen molar-refractivity contribution in [1.82, 2.24) is 10.6 Å². The van der Waals surface area contributed by atoms with Crippen molar-refractivity contribution >= 4 is 11.8 Å².